The van der Waals surface area contributed by atoms with Gasteiger partial charge in [-0.2, -0.15) is 0 Å². The van der Waals surface area contributed by atoms with E-state index in [1.807, 2.05) is 32.9 Å². The Bertz CT molecular complexity index is 559. The number of carbonyl (C=O) groups excluding carboxylic acids is 2. The lowest BCUT2D eigenvalue weighted by Crippen LogP contribution is -2.63. The molecule has 0 saturated carbocycles. The lowest BCUT2D eigenvalue weighted by molar-refractivity contribution is -0.134. The van der Waals surface area contributed by atoms with Crippen LogP contribution in [-0.2, 0) is 9.59 Å². The first-order valence-corrected chi connectivity index (χ1v) is 7.77. The molecule has 1 fully saturated rings. The Kier molecular flexibility index (Phi) is 4.88. The van der Waals surface area contributed by atoms with Gasteiger partial charge in [0, 0.05) is 10.7 Å². The van der Waals surface area contributed by atoms with Gasteiger partial charge in [0.15, 0.2) is 0 Å². The molecule has 5 heteroatoms. The maximum absolute atomic E-state index is 12.8. The largest absolute Gasteiger partial charge is 0.342 e. The van der Waals surface area contributed by atoms with Gasteiger partial charge >= 0.3 is 0 Å². The van der Waals surface area contributed by atoms with Gasteiger partial charge in [-0.05, 0) is 37.5 Å². The third-order valence-electron chi connectivity index (χ3n) is 3.93. The van der Waals surface area contributed by atoms with Crippen LogP contribution >= 0.6 is 11.6 Å². The van der Waals surface area contributed by atoms with E-state index in [-0.39, 0.29) is 11.8 Å². The number of rotatable bonds is 4. The Morgan fingerprint density at radius 1 is 1.29 bits per heavy atom. The fourth-order valence-corrected chi connectivity index (χ4v) is 2.93. The van der Waals surface area contributed by atoms with E-state index in [1.165, 1.54) is 0 Å². The summed E-state index contributed by atoms with van der Waals surface area (Å²) in [5.41, 5.74) is 1.56. The van der Waals surface area contributed by atoms with Crippen LogP contribution in [0.5, 0.6) is 0 Å². The van der Waals surface area contributed by atoms with Crippen molar-refractivity contribution in [2.75, 3.05) is 4.90 Å². The Morgan fingerprint density at radius 3 is 2.62 bits per heavy atom. The monoisotopic (exact) mass is 308 g/mol. The highest BCUT2D eigenvalue weighted by Gasteiger charge is 2.40. The summed E-state index contributed by atoms with van der Waals surface area (Å²) in [5.74, 6) is -0.136. The van der Waals surface area contributed by atoms with E-state index >= 15 is 0 Å². The molecule has 1 aliphatic rings. The minimum Gasteiger partial charge on any atom is -0.342 e. The minimum atomic E-state index is -0.470. The highest BCUT2D eigenvalue weighted by Crippen LogP contribution is 2.31. The molecule has 0 radical (unpaired) electrons. The molecule has 2 unspecified atom stereocenters. The molecular weight excluding hydrogens is 288 g/mol. The molecule has 1 heterocycles. The van der Waals surface area contributed by atoms with Gasteiger partial charge in [0.05, 0.1) is 0 Å². The number of hydrogen-bond donors (Lipinski definition) is 1. The van der Waals surface area contributed by atoms with Gasteiger partial charge in [-0.3, -0.25) is 14.5 Å². The minimum absolute atomic E-state index is 0.0475. The molecule has 1 aliphatic heterocycles. The van der Waals surface area contributed by atoms with Gasteiger partial charge in [0.1, 0.15) is 12.1 Å². The first-order chi connectivity index (χ1) is 10.0. The molecular formula is C16H21ClN2O2. The Morgan fingerprint density at radius 2 is 2.00 bits per heavy atom. The predicted octanol–water partition coefficient (Wildman–Crippen LogP) is 3.06. The van der Waals surface area contributed by atoms with E-state index in [2.05, 4.69) is 5.32 Å². The maximum atomic E-state index is 12.8. The zero-order valence-corrected chi connectivity index (χ0v) is 13.4. The number of nitrogens with zero attached hydrogens (tertiary/aromatic N) is 1. The van der Waals surface area contributed by atoms with E-state index < -0.39 is 12.1 Å². The molecule has 2 amide bonds. The van der Waals surface area contributed by atoms with Crippen molar-refractivity contribution < 1.29 is 9.59 Å². The topological polar surface area (TPSA) is 49.4 Å². The van der Waals surface area contributed by atoms with Crippen molar-refractivity contribution in [1.29, 1.82) is 0 Å². The van der Waals surface area contributed by atoms with Crippen LogP contribution in [0.25, 0.3) is 0 Å². The van der Waals surface area contributed by atoms with Crippen molar-refractivity contribution in [2.24, 2.45) is 0 Å². The van der Waals surface area contributed by atoms with Crippen molar-refractivity contribution in [2.45, 2.75) is 52.1 Å². The summed E-state index contributed by atoms with van der Waals surface area (Å²) >= 11 is 6.17. The third kappa shape index (κ3) is 2.91. The van der Waals surface area contributed by atoms with Crippen molar-refractivity contribution in [1.82, 2.24) is 5.32 Å². The lowest BCUT2D eigenvalue weighted by Gasteiger charge is -2.39. The molecule has 1 aromatic rings. The quantitative estimate of drug-likeness (QED) is 0.929. The van der Waals surface area contributed by atoms with Crippen molar-refractivity contribution in [3.63, 3.8) is 0 Å². The average Bonchev–Trinajstić information content (AvgIpc) is 2.46. The number of carbonyl (C=O) groups is 2. The number of benzene rings is 1. The highest BCUT2D eigenvalue weighted by atomic mass is 35.5. The zero-order chi connectivity index (χ0) is 15.6. The molecule has 0 aromatic heterocycles. The van der Waals surface area contributed by atoms with Gasteiger partial charge in [-0.25, -0.2) is 0 Å². The third-order valence-corrected chi connectivity index (χ3v) is 4.34. The van der Waals surface area contributed by atoms with Crippen LogP contribution in [0.4, 0.5) is 5.69 Å². The second kappa shape index (κ2) is 6.48. The number of halogens is 1. The molecule has 114 valence electrons. The summed E-state index contributed by atoms with van der Waals surface area (Å²) in [4.78, 5) is 26.7. The van der Waals surface area contributed by atoms with Crippen molar-refractivity contribution in [3.05, 3.63) is 28.8 Å². The summed E-state index contributed by atoms with van der Waals surface area (Å²) in [5, 5.41) is 3.44. The number of hydrogen-bond acceptors (Lipinski definition) is 2. The fraction of sp³-hybridized carbons (Fsp3) is 0.500. The molecule has 1 N–H and O–H groups in total. The summed E-state index contributed by atoms with van der Waals surface area (Å²) in [7, 11) is 0. The standard InChI is InChI=1S/C16H21ClN2O2/c1-4-7-12-16(21)19(13(5-2)15(20)18-12)14-9-6-8-11(17)10(14)3/h6,8-9,12-13H,4-5,7H2,1-3H3,(H,18,20). The van der Waals surface area contributed by atoms with Crippen molar-refractivity contribution in [3.8, 4) is 0 Å². The Hall–Kier alpha value is -1.55. The van der Waals surface area contributed by atoms with E-state index in [0.717, 1.165) is 17.7 Å². The number of anilines is 1. The van der Waals surface area contributed by atoms with Gasteiger partial charge < -0.3 is 5.32 Å². The summed E-state index contributed by atoms with van der Waals surface area (Å²) in [6.45, 7) is 5.78. The van der Waals surface area contributed by atoms with Gasteiger partial charge in [-0.15, -0.1) is 0 Å². The molecule has 1 aromatic carbocycles. The maximum Gasteiger partial charge on any atom is 0.250 e. The highest BCUT2D eigenvalue weighted by molar-refractivity contribution is 6.31. The van der Waals surface area contributed by atoms with Crippen LogP contribution in [0.2, 0.25) is 5.02 Å². The van der Waals surface area contributed by atoms with Gasteiger partial charge in [0.25, 0.3) is 0 Å². The van der Waals surface area contributed by atoms with Gasteiger partial charge in [0.2, 0.25) is 11.8 Å². The molecule has 0 spiro atoms. The number of amides is 2. The molecule has 2 atom stereocenters. The second-order valence-corrected chi connectivity index (χ2v) is 5.77. The molecule has 0 aliphatic carbocycles. The van der Waals surface area contributed by atoms with Crippen LogP contribution in [0, 0.1) is 6.92 Å². The van der Waals surface area contributed by atoms with Gasteiger partial charge in [-0.1, -0.05) is 37.9 Å². The van der Waals surface area contributed by atoms with Crippen LogP contribution in [0.3, 0.4) is 0 Å². The van der Waals surface area contributed by atoms with Crippen LogP contribution in [0.1, 0.15) is 38.7 Å². The Labute approximate surface area is 130 Å². The van der Waals surface area contributed by atoms with E-state index in [9.17, 15) is 9.59 Å². The molecule has 1 saturated heterocycles. The molecule has 2 rings (SSSR count). The first kappa shape index (κ1) is 15.8. The summed E-state index contributed by atoms with van der Waals surface area (Å²) in [6.07, 6.45) is 2.06. The summed E-state index contributed by atoms with van der Waals surface area (Å²) in [6, 6.07) is 4.54. The normalized spacial score (nSPS) is 22.4. The smallest absolute Gasteiger partial charge is 0.250 e. The molecule has 21 heavy (non-hydrogen) atoms. The summed E-state index contributed by atoms with van der Waals surface area (Å²) < 4.78 is 0. The molecule has 0 bridgehead atoms. The van der Waals surface area contributed by atoms with Crippen molar-refractivity contribution >= 4 is 29.1 Å². The van der Waals surface area contributed by atoms with E-state index in [0.29, 0.717) is 17.9 Å². The lowest BCUT2D eigenvalue weighted by atomic mass is 9.99. The molecule has 4 nitrogen and oxygen atoms in total. The van der Waals surface area contributed by atoms with Crippen LogP contribution in [-0.4, -0.2) is 23.9 Å². The van der Waals surface area contributed by atoms with Crippen LogP contribution in [0.15, 0.2) is 18.2 Å². The first-order valence-electron chi connectivity index (χ1n) is 7.39. The Balaban J connectivity index is 2.47. The SMILES string of the molecule is CCCC1NC(=O)C(CC)N(c2cccc(Cl)c2C)C1=O. The number of nitrogens with one attached hydrogen (secondary N) is 1. The van der Waals surface area contributed by atoms with E-state index in [1.54, 1.807) is 11.0 Å². The fourth-order valence-electron chi connectivity index (χ4n) is 2.76. The second-order valence-electron chi connectivity index (χ2n) is 5.37. The average molecular weight is 309 g/mol. The van der Waals surface area contributed by atoms with Crippen LogP contribution < -0.4 is 10.2 Å². The predicted molar refractivity (Wildman–Crippen MR) is 84.6 cm³/mol. The number of piperazine rings is 1. The zero-order valence-electron chi connectivity index (χ0n) is 12.6. The van der Waals surface area contributed by atoms with E-state index in [4.69, 9.17) is 11.6 Å².